The molecule has 2 aliphatic heterocycles. The summed E-state index contributed by atoms with van der Waals surface area (Å²) >= 11 is 0. The molecule has 0 saturated carbocycles. The average molecular weight is 459 g/mol. The molecule has 4 rings (SSSR count). The molecule has 2 atom stereocenters. The van der Waals surface area contributed by atoms with Crippen LogP contribution in [0.2, 0.25) is 0 Å². The molecule has 6 heteroatoms. The van der Waals surface area contributed by atoms with E-state index in [4.69, 9.17) is 9.98 Å². The number of carbonyl (C=O) groups excluding carboxylic acids is 2. The lowest BCUT2D eigenvalue weighted by Crippen LogP contribution is -2.48. The highest BCUT2D eigenvalue weighted by molar-refractivity contribution is 6.48. The first kappa shape index (κ1) is 23.9. The summed E-state index contributed by atoms with van der Waals surface area (Å²) in [7, 11) is 0. The van der Waals surface area contributed by atoms with Gasteiger partial charge in [-0.2, -0.15) is 0 Å². The van der Waals surface area contributed by atoms with Gasteiger partial charge in [-0.1, -0.05) is 88.4 Å². The van der Waals surface area contributed by atoms with E-state index in [1.54, 1.807) is 9.80 Å². The number of amidine groups is 2. The molecule has 2 aliphatic rings. The third-order valence-corrected chi connectivity index (χ3v) is 7.36. The van der Waals surface area contributed by atoms with E-state index in [2.05, 4.69) is 0 Å². The highest BCUT2D eigenvalue weighted by Gasteiger charge is 2.53. The zero-order chi connectivity index (χ0) is 24.7. The molecule has 2 unspecified atom stereocenters. The molecule has 178 valence electrons. The van der Waals surface area contributed by atoms with Crippen molar-refractivity contribution in [3.63, 3.8) is 0 Å². The molecule has 2 amide bonds. The predicted molar refractivity (Wildman–Crippen MR) is 135 cm³/mol. The van der Waals surface area contributed by atoms with Gasteiger partial charge in [0.1, 0.15) is 11.1 Å². The van der Waals surface area contributed by atoms with Crippen LogP contribution < -0.4 is 0 Å². The second-order valence-corrected chi connectivity index (χ2v) is 10.2. The fraction of sp³-hybridized carbons (Fsp3) is 0.429. The summed E-state index contributed by atoms with van der Waals surface area (Å²) < 4.78 is 0. The lowest BCUT2D eigenvalue weighted by molar-refractivity contribution is -0.133. The molecule has 0 fully saturated rings. The van der Waals surface area contributed by atoms with Crippen LogP contribution in [-0.4, -0.2) is 44.4 Å². The van der Waals surface area contributed by atoms with Crippen molar-refractivity contribution in [3.8, 4) is 0 Å². The number of benzene rings is 2. The number of carbonyl (C=O) groups is 2. The van der Waals surface area contributed by atoms with Gasteiger partial charge in [0.2, 0.25) is 0 Å². The van der Waals surface area contributed by atoms with Crippen LogP contribution >= 0.6 is 0 Å². The van der Waals surface area contributed by atoms with Crippen molar-refractivity contribution in [2.45, 2.75) is 65.7 Å². The molecule has 2 heterocycles. The zero-order valence-electron chi connectivity index (χ0n) is 20.9. The Hall–Kier alpha value is -3.28. The Labute approximate surface area is 202 Å². The van der Waals surface area contributed by atoms with E-state index < -0.39 is 11.1 Å². The van der Waals surface area contributed by atoms with Crippen LogP contribution in [0.25, 0.3) is 0 Å². The largest absolute Gasteiger partial charge is 0.287 e. The number of hydrogen-bond donors (Lipinski definition) is 0. The van der Waals surface area contributed by atoms with Crippen LogP contribution in [0.4, 0.5) is 0 Å². The molecular formula is C28H34N4O2. The maximum absolute atomic E-state index is 13.7. The molecule has 2 aromatic carbocycles. The molecule has 0 spiro atoms. The normalized spacial score (nSPS) is 24.9. The average Bonchev–Trinajstić information content (AvgIpc) is 3.22. The Balaban J connectivity index is 1.82. The molecular weight excluding hydrogens is 424 g/mol. The topological polar surface area (TPSA) is 65.3 Å². The third-order valence-electron chi connectivity index (χ3n) is 7.36. The SMILES string of the molecule is CC(C)C1(C)N=C(C2=NC(C)(C(C)C)C(=O)N2Cc2ccccc2)N(Cc2ccccc2)C1=O. The molecule has 0 saturated heterocycles. The Bertz CT molecular complexity index is 1050. The fourth-order valence-corrected chi connectivity index (χ4v) is 4.31. The number of hydrogen-bond acceptors (Lipinski definition) is 4. The van der Waals surface area contributed by atoms with Gasteiger partial charge >= 0.3 is 0 Å². The molecule has 0 bridgehead atoms. The number of nitrogens with zero attached hydrogens (tertiary/aromatic N) is 4. The molecule has 0 aromatic heterocycles. The predicted octanol–water partition coefficient (Wildman–Crippen LogP) is 4.70. The van der Waals surface area contributed by atoms with Gasteiger partial charge in [0.25, 0.3) is 11.8 Å². The summed E-state index contributed by atoms with van der Waals surface area (Å²) in [6.45, 7) is 12.5. The van der Waals surface area contributed by atoms with E-state index in [0.717, 1.165) is 11.1 Å². The van der Waals surface area contributed by atoms with Crippen molar-refractivity contribution >= 4 is 23.5 Å². The van der Waals surface area contributed by atoms with Crippen LogP contribution in [0.5, 0.6) is 0 Å². The van der Waals surface area contributed by atoms with E-state index in [0.29, 0.717) is 24.8 Å². The first-order chi connectivity index (χ1) is 16.1. The van der Waals surface area contributed by atoms with Crippen molar-refractivity contribution in [1.29, 1.82) is 0 Å². The van der Waals surface area contributed by atoms with Gasteiger partial charge in [-0.25, -0.2) is 9.98 Å². The van der Waals surface area contributed by atoms with Crippen molar-refractivity contribution in [2.75, 3.05) is 0 Å². The zero-order valence-corrected chi connectivity index (χ0v) is 20.9. The van der Waals surface area contributed by atoms with Gasteiger partial charge in [0.05, 0.1) is 13.1 Å². The van der Waals surface area contributed by atoms with Gasteiger partial charge in [-0.15, -0.1) is 0 Å². The summed E-state index contributed by atoms with van der Waals surface area (Å²) in [5.41, 5.74) is 0.181. The Morgan fingerprint density at radius 2 is 0.971 bits per heavy atom. The van der Waals surface area contributed by atoms with Crippen molar-refractivity contribution in [2.24, 2.45) is 21.8 Å². The van der Waals surface area contributed by atoms with Crippen LogP contribution in [-0.2, 0) is 22.7 Å². The summed E-state index contributed by atoms with van der Waals surface area (Å²) in [5, 5.41) is 0. The minimum absolute atomic E-state index is 0.00691. The minimum atomic E-state index is -0.912. The second-order valence-electron chi connectivity index (χ2n) is 10.2. The molecule has 34 heavy (non-hydrogen) atoms. The molecule has 6 nitrogen and oxygen atoms in total. The summed E-state index contributed by atoms with van der Waals surface area (Å²) in [4.78, 5) is 40.9. The second kappa shape index (κ2) is 8.82. The Morgan fingerprint density at radius 1 is 0.647 bits per heavy atom. The van der Waals surface area contributed by atoms with Crippen molar-refractivity contribution in [3.05, 3.63) is 71.8 Å². The number of aliphatic imine (C=N–C) groups is 2. The smallest absolute Gasteiger partial charge is 0.256 e. The lowest BCUT2D eigenvalue weighted by Gasteiger charge is -2.27. The molecule has 0 radical (unpaired) electrons. The third kappa shape index (κ3) is 3.95. The van der Waals surface area contributed by atoms with Gasteiger partial charge in [0.15, 0.2) is 11.7 Å². The molecule has 0 aliphatic carbocycles. The summed E-state index contributed by atoms with van der Waals surface area (Å²) in [6, 6.07) is 19.7. The highest BCUT2D eigenvalue weighted by Crippen LogP contribution is 2.36. The van der Waals surface area contributed by atoms with Gasteiger partial charge in [-0.3, -0.25) is 19.4 Å². The van der Waals surface area contributed by atoms with E-state index >= 15 is 0 Å². The van der Waals surface area contributed by atoms with E-state index in [1.807, 2.05) is 102 Å². The monoisotopic (exact) mass is 458 g/mol. The van der Waals surface area contributed by atoms with Crippen LogP contribution in [0.1, 0.15) is 52.7 Å². The van der Waals surface area contributed by atoms with Crippen LogP contribution in [0, 0.1) is 11.8 Å². The Morgan fingerprint density at radius 3 is 1.26 bits per heavy atom. The van der Waals surface area contributed by atoms with Crippen molar-refractivity contribution < 1.29 is 9.59 Å². The van der Waals surface area contributed by atoms with Gasteiger partial charge < -0.3 is 0 Å². The number of rotatable bonds is 7. The van der Waals surface area contributed by atoms with E-state index in [1.165, 1.54) is 0 Å². The standard InChI is InChI=1S/C28H34N4O2/c1-19(2)27(5)25(33)31(17-21-13-9-7-10-14-21)23(29-27)24-30-28(6,20(3)4)26(34)32(24)18-22-15-11-8-12-16-22/h7-16,19-20H,17-18H2,1-6H3. The van der Waals surface area contributed by atoms with Gasteiger partial charge in [-0.05, 0) is 36.8 Å². The summed E-state index contributed by atoms with van der Waals surface area (Å²) in [5.74, 6) is 0.834. The van der Waals surface area contributed by atoms with E-state index in [9.17, 15) is 9.59 Å². The maximum Gasteiger partial charge on any atom is 0.256 e. The minimum Gasteiger partial charge on any atom is -0.287 e. The quantitative estimate of drug-likeness (QED) is 0.604. The fourth-order valence-electron chi connectivity index (χ4n) is 4.31. The van der Waals surface area contributed by atoms with Gasteiger partial charge in [0, 0.05) is 0 Å². The first-order valence-electron chi connectivity index (χ1n) is 12.0. The van der Waals surface area contributed by atoms with Crippen LogP contribution in [0.15, 0.2) is 70.6 Å². The van der Waals surface area contributed by atoms with Crippen molar-refractivity contribution in [1.82, 2.24) is 9.80 Å². The highest BCUT2D eigenvalue weighted by atomic mass is 16.2. The summed E-state index contributed by atoms with van der Waals surface area (Å²) in [6.07, 6.45) is 0. The lowest BCUT2D eigenvalue weighted by atomic mass is 9.89. The number of amides is 2. The Kier molecular flexibility index (Phi) is 6.19. The molecule has 0 N–H and O–H groups in total. The molecule has 2 aromatic rings. The van der Waals surface area contributed by atoms with E-state index in [-0.39, 0.29) is 23.7 Å². The van der Waals surface area contributed by atoms with Crippen LogP contribution in [0.3, 0.4) is 0 Å². The maximum atomic E-state index is 13.7. The first-order valence-corrected chi connectivity index (χ1v) is 12.0.